The van der Waals surface area contributed by atoms with Crippen molar-refractivity contribution in [2.45, 2.75) is 154 Å². The maximum atomic E-state index is 14.9. The molecule has 0 unspecified atom stereocenters. The number of carbonyl (C=O) groups is 6. The average Bonchev–Trinajstić information content (AvgIpc) is 2.14. The number of nitrogens with zero attached hydrogens (tertiary/aromatic N) is 7. The first-order valence-corrected chi connectivity index (χ1v) is 30.3. The van der Waals surface area contributed by atoms with Crippen molar-refractivity contribution in [1.29, 1.82) is 0 Å². The molecular weight excluding hydrogens is 1100 g/mol. The lowest BCUT2D eigenvalue weighted by Crippen LogP contribution is -2.59. The molecule has 4 aliphatic rings. The Morgan fingerprint density at radius 2 is 1.57 bits per heavy atom. The van der Waals surface area contributed by atoms with Gasteiger partial charge in [-0.1, -0.05) is 64.6 Å². The van der Waals surface area contributed by atoms with Gasteiger partial charge in [0.15, 0.2) is 0 Å². The molecule has 3 fully saturated rings. The van der Waals surface area contributed by atoms with Gasteiger partial charge in [0.05, 0.1) is 89.8 Å². The predicted molar refractivity (Wildman–Crippen MR) is 321 cm³/mol. The van der Waals surface area contributed by atoms with Crippen molar-refractivity contribution in [1.82, 2.24) is 45.8 Å². The third-order valence-corrected chi connectivity index (χ3v) is 16.4. The summed E-state index contributed by atoms with van der Waals surface area (Å²) in [7, 11) is 1.66. The first-order valence-electron chi connectivity index (χ1n) is 30.3. The fraction of sp³-hybridized carbons (Fsp3) is 0.571. The summed E-state index contributed by atoms with van der Waals surface area (Å²) in [5, 5.41) is 16.8. The smallest absolute Gasteiger partial charge is 0.260 e. The molecule has 8 rings (SSSR count). The molecule has 0 spiro atoms. The number of benzene rings is 2. The summed E-state index contributed by atoms with van der Waals surface area (Å²) in [5.41, 5.74) is 10.2. The number of nitrogens with one attached hydrogen (secondary N) is 4. The number of likely N-dealkylation sites (N-methyl/N-ethyl adjacent to an activating group) is 1. The van der Waals surface area contributed by atoms with Crippen LogP contribution in [0.25, 0.3) is 16.0 Å². The van der Waals surface area contributed by atoms with Crippen molar-refractivity contribution in [3.8, 4) is 11.1 Å². The van der Waals surface area contributed by atoms with Crippen molar-refractivity contribution >= 4 is 52.6 Å². The second kappa shape index (κ2) is 30.3. The fourth-order valence-corrected chi connectivity index (χ4v) is 11.4. The van der Waals surface area contributed by atoms with Gasteiger partial charge in [0, 0.05) is 61.8 Å². The molecule has 6 atom stereocenters. The Kier molecular flexibility index (Phi) is 22.8. The molecule has 6 N–H and O–H groups in total. The fourth-order valence-electron chi connectivity index (χ4n) is 11.4. The van der Waals surface area contributed by atoms with Crippen LogP contribution in [0.15, 0.2) is 60.8 Å². The second-order valence-corrected chi connectivity index (χ2v) is 23.7. The zero-order chi connectivity index (χ0) is 61.5. The highest BCUT2D eigenvalue weighted by Gasteiger charge is 2.46. The van der Waals surface area contributed by atoms with E-state index in [1.54, 1.807) is 35.8 Å². The number of rotatable bonds is 29. The van der Waals surface area contributed by atoms with E-state index in [0.717, 1.165) is 24.8 Å². The number of ether oxygens (including phenoxy) is 4. The highest BCUT2D eigenvalue weighted by molar-refractivity contribution is 5.97. The van der Waals surface area contributed by atoms with Crippen molar-refractivity contribution in [2.24, 2.45) is 5.41 Å². The topological polar surface area (TPSA) is 258 Å². The number of aromatic nitrogens is 3. The Hall–Kier alpha value is -7.36. The van der Waals surface area contributed by atoms with E-state index in [-0.39, 0.29) is 125 Å². The van der Waals surface area contributed by atoms with Gasteiger partial charge in [0.1, 0.15) is 35.2 Å². The number of anilines is 2. The van der Waals surface area contributed by atoms with Gasteiger partial charge in [-0.25, -0.2) is 9.37 Å². The molecule has 1 aliphatic carbocycles. The van der Waals surface area contributed by atoms with Gasteiger partial charge < -0.3 is 65.5 Å². The van der Waals surface area contributed by atoms with Crippen LogP contribution >= 0.6 is 0 Å². The molecule has 1 saturated carbocycles. The van der Waals surface area contributed by atoms with Crippen molar-refractivity contribution in [3.63, 3.8) is 0 Å². The van der Waals surface area contributed by atoms with E-state index in [2.05, 4.69) is 36.0 Å². The van der Waals surface area contributed by atoms with Crippen LogP contribution < -0.4 is 31.9 Å². The standard InChI is InChI=1S/C63H85FN12O10/c1-8-49(41-14-10-9-11-15-41)70-60(80)53-36-44(38-75(53)62(82)56(63(3,4)5)71-59(79)40(2)66-6)69-54(78)23-27-84-29-31-86-33-32-85-30-28-83-26-22-46(77)16-12-25-76-58(67-7)55-42-34-52(57(65)68-37-42)73-24-13-17-51(73)48-35-43(64)18-21-47(48)61(81)74(45-19-20-45)39-50(55)72-76/h9-11,14-15,18,21,34-35,37,40,44-45,49,51,53,56,66H,8,12-13,16-17,19-20,22-33,36,38-39H2,1-6H3,(H2,65,68)(H,69,78)(H,70,80)(H,71,79)/t40-,44-,49+,51-,53-,56+/m1/s1. The van der Waals surface area contributed by atoms with Gasteiger partial charge in [0.25, 0.3) is 11.7 Å². The summed E-state index contributed by atoms with van der Waals surface area (Å²) >= 11 is 0. The summed E-state index contributed by atoms with van der Waals surface area (Å²) in [6.45, 7) is 20.8. The minimum absolute atomic E-state index is 0.00709. The number of amides is 5. The number of halogens is 1. The minimum Gasteiger partial charge on any atom is -0.382 e. The molecule has 2 bridgehead atoms. The molecule has 23 heteroatoms. The Bertz CT molecular complexity index is 3050. The first-order chi connectivity index (χ1) is 41.4. The van der Waals surface area contributed by atoms with E-state index in [1.807, 2.05) is 64.1 Å². The van der Waals surface area contributed by atoms with E-state index in [0.29, 0.717) is 91.6 Å². The van der Waals surface area contributed by atoms with Crippen molar-refractivity contribution in [3.05, 3.63) is 100 Å². The highest BCUT2D eigenvalue weighted by Crippen LogP contribution is 2.45. The molecule has 5 heterocycles. The molecule has 464 valence electrons. The van der Waals surface area contributed by atoms with E-state index in [9.17, 15) is 33.2 Å². The van der Waals surface area contributed by atoms with E-state index >= 15 is 0 Å². The normalized spacial score (nSPS) is 18.6. The molecule has 2 saturated heterocycles. The number of ketones is 1. The van der Waals surface area contributed by atoms with E-state index in [1.165, 1.54) is 17.0 Å². The van der Waals surface area contributed by atoms with Crippen molar-refractivity contribution in [2.75, 3.05) is 83.6 Å². The lowest BCUT2D eigenvalue weighted by atomic mass is 9.85. The van der Waals surface area contributed by atoms with E-state index in [4.69, 9.17) is 36.4 Å². The molecule has 3 aliphatic heterocycles. The van der Waals surface area contributed by atoms with Crippen LogP contribution in [0.1, 0.15) is 138 Å². The summed E-state index contributed by atoms with van der Waals surface area (Å²) < 4.78 is 39.1. The van der Waals surface area contributed by atoms with Crippen molar-refractivity contribution < 1.29 is 52.1 Å². The third kappa shape index (κ3) is 16.6. The second-order valence-electron chi connectivity index (χ2n) is 23.7. The Labute approximate surface area is 503 Å². The van der Waals surface area contributed by atoms with E-state index < -0.39 is 41.3 Å². The number of carbonyl (C=O) groups excluding carboxylic acids is 6. The number of likely N-dealkylation sites (tertiary alicyclic amines) is 1. The SMILES string of the molecule is [C-]#[N+]c1c2c(nn1CCCC(=O)CCOCCOCCOCCOCCC(=O)N[C@@H]1C[C@H](C(=O)N[C@@H](CC)c3ccccc3)N(C(=O)[C@H](NC(=O)[C@@H](C)NC)C(C)(C)C)C1)CN(C1CC1)C(=O)c1ccc(F)cc1[C@H]1CCCN1c1cc-2cnc1N. The zero-order valence-electron chi connectivity index (χ0n) is 50.5. The summed E-state index contributed by atoms with van der Waals surface area (Å²) in [6.07, 6.45) is 6.58. The quantitative estimate of drug-likeness (QED) is 0.0293. The largest absolute Gasteiger partial charge is 0.382 e. The monoisotopic (exact) mass is 1190 g/mol. The number of hydrogen-bond donors (Lipinski definition) is 5. The molecule has 22 nitrogen and oxygen atoms in total. The Morgan fingerprint density at radius 3 is 2.22 bits per heavy atom. The molecule has 4 aromatic rings. The minimum atomic E-state index is -0.935. The number of hydrogen-bond acceptors (Lipinski definition) is 15. The van der Waals surface area contributed by atoms with Gasteiger partial charge >= 0.3 is 0 Å². The van der Waals surface area contributed by atoms with Crippen LogP contribution in [-0.2, 0) is 56.0 Å². The molecule has 5 amide bonds. The van der Waals surface area contributed by atoms with Crippen LogP contribution in [0.3, 0.4) is 0 Å². The number of aryl methyl sites for hydroxylation is 1. The number of nitrogens with two attached hydrogens (primary N) is 1. The zero-order valence-corrected chi connectivity index (χ0v) is 50.5. The third-order valence-electron chi connectivity index (χ3n) is 16.4. The highest BCUT2D eigenvalue weighted by atomic mass is 19.1. The van der Waals surface area contributed by atoms with Gasteiger partial charge in [-0.3, -0.25) is 28.8 Å². The molecule has 0 radical (unpaired) electrons. The van der Waals surface area contributed by atoms with Crippen LogP contribution in [0, 0.1) is 17.8 Å². The summed E-state index contributed by atoms with van der Waals surface area (Å²) in [4.78, 5) is 96.0. The maximum absolute atomic E-state index is 14.9. The molecule has 2 aromatic heterocycles. The lowest BCUT2D eigenvalue weighted by Gasteiger charge is -2.36. The summed E-state index contributed by atoms with van der Waals surface area (Å²) in [6, 6.07) is 12.4. The number of nitrogen functional groups attached to an aromatic ring is 1. The summed E-state index contributed by atoms with van der Waals surface area (Å²) in [5.74, 6) is -1.40. The number of Topliss-reactive ketones (excluding diaryl/α,β-unsaturated/α-hetero) is 1. The molecular formula is C63H85FN12O10. The van der Waals surface area contributed by atoms with Crippen LogP contribution in [0.2, 0.25) is 0 Å². The molecule has 2 aromatic carbocycles. The van der Waals surface area contributed by atoms with Gasteiger partial charge in [-0.15, -0.1) is 5.10 Å². The number of pyridine rings is 1. The number of fused-ring (bicyclic) bond motifs is 8. The van der Waals surface area contributed by atoms with Crippen LogP contribution in [-0.4, -0.2) is 163 Å². The maximum Gasteiger partial charge on any atom is 0.260 e. The molecule has 86 heavy (non-hydrogen) atoms. The Balaban J connectivity index is 0.719. The predicted octanol–water partition coefficient (Wildman–Crippen LogP) is 6.36. The first kappa shape index (κ1) is 64.6. The average molecular weight is 1190 g/mol. The van der Waals surface area contributed by atoms with Gasteiger partial charge in [0.2, 0.25) is 23.6 Å². The van der Waals surface area contributed by atoms with Crippen LogP contribution in [0.4, 0.5) is 21.7 Å². The Morgan fingerprint density at radius 1 is 0.884 bits per heavy atom. The lowest BCUT2D eigenvalue weighted by molar-refractivity contribution is -0.144. The van der Waals surface area contributed by atoms with Gasteiger partial charge in [-0.05, 0) is 105 Å². The van der Waals surface area contributed by atoms with Gasteiger partial charge in [-0.2, -0.15) is 4.68 Å². The van der Waals surface area contributed by atoms with Crippen LogP contribution in [0.5, 0.6) is 0 Å².